The van der Waals surface area contributed by atoms with Crippen LogP contribution in [-0.4, -0.2) is 61.8 Å². The Morgan fingerprint density at radius 3 is 2.33 bits per heavy atom. The summed E-state index contributed by atoms with van der Waals surface area (Å²) < 4.78 is 10.3. The van der Waals surface area contributed by atoms with E-state index in [-0.39, 0.29) is 42.5 Å². The Morgan fingerprint density at radius 1 is 1.29 bits per heavy atom. The van der Waals surface area contributed by atoms with Gasteiger partial charge in [0.15, 0.2) is 0 Å². The highest BCUT2D eigenvalue weighted by molar-refractivity contribution is 5.82. The second-order valence-electron chi connectivity index (χ2n) is 6.02. The zero-order valence-corrected chi connectivity index (χ0v) is 13.7. The average Bonchev–Trinajstić information content (AvgIpc) is 2.36. The van der Waals surface area contributed by atoms with Crippen molar-refractivity contribution in [3.05, 3.63) is 0 Å². The fourth-order valence-corrected chi connectivity index (χ4v) is 2.83. The first-order valence-electron chi connectivity index (χ1n) is 7.59. The first kappa shape index (κ1) is 17.9. The van der Waals surface area contributed by atoms with Crippen molar-refractivity contribution in [2.75, 3.05) is 26.7 Å². The maximum absolute atomic E-state index is 12.4. The molecule has 1 aliphatic heterocycles. The minimum absolute atomic E-state index is 0.0322. The minimum Gasteiger partial charge on any atom is -0.469 e. The molecule has 0 unspecified atom stereocenters. The van der Waals surface area contributed by atoms with Crippen molar-refractivity contribution in [2.24, 2.45) is 5.92 Å². The van der Waals surface area contributed by atoms with E-state index in [9.17, 15) is 9.59 Å². The monoisotopic (exact) mass is 300 g/mol. The quantitative estimate of drug-likeness (QED) is 0.735. The van der Waals surface area contributed by atoms with E-state index in [2.05, 4.69) is 15.0 Å². The number of morpholine rings is 1. The van der Waals surface area contributed by atoms with Crippen LogP contribution in [0.4, 0.5) is 0 Å². The van der Waals surface area contributed by atoms with Crippen LogP contribution in [0.5, 0.6) is 0 Å². The number of rotatable bonds is 6. The van der Waals surface area contributed by atoms with E-state index in [1.807, 2.05) is 27.7 Å². The Balaban J connectivity index is 2.59. The number of ether oxygens (including phenoxy) is 2. The molecule has 1 saturated heterocycles. The molecule has 6 nitrogen and oxygen atoms in total. The van der Waals surface area contributed by atoms with Crippen LogP contribution in [0.1, 0.15) is 34.1 Å². The van der Waals surface area contributed by atoms with E-state index in [0.29, 0.717) is 6.54 Å². The van der Waals surface area contributed by atoms with Crippen LogP contribution in [0.25, 0.3) is 0 Å². The number of methoxy groups -OCH3 is 1. The van der Waals surface area contributed by atoms with Crippen molar-refractivity contribution in [1.29, 1.82) is 0 Å². The van der Waals surface area contributed by atoms with E-state index >= 15 is 0 Å². The first-order valence-corrected chi connectivity index (χ1v) is 7.59. The predicted octanol–water partition coefficient (Wildman–Crippen LogP) is 0.800. The number of amides is 1. The second kappa shape index (κ2) is 8.34. The van der Waals surface area contributed by atoms with Gasteiger partial charge in [0, 0.05) is 19.6 Å². The minimum atomic E-state index is -0.315. The Hall–Kier alpha value is -1.14. The lowest BCUT2D eigenvalue weighted by Crippen LogP contribution is -2.57. The number of hydrogen-bond donors (Lipinski definition) is 1. The Kier molecular flexibility index (Phi) is 7.11. The molecule has 3 atom stereocenters. The number of nitrogens with one attached hydrogen (secondary N) is 1. The molecule has 1 rings (SSSR count). The smallest absolute Gasteiger partial charge is 0.307 e. The van der Waals surface area contributed by atoms with E-state index in [1.54, 1.807) is 0 Å². The third-order valence-corrected chi connectivity index (χ3v) is 3.60. The molecule has 1 heterocycles. The highest BCUT2D eigenvalue weighted by Gasteiger charge is 2.33. The van der Waals surface area contributed by atoms with Gasteiger partial charge in [0.25, 0.3) is 0 Å². The molecule has 0 aromatic carbocycles. The summed E-state index contributed by atoms with van der Waals surface area (Å²) in [5.74, 6) is -0.152. The number of esters is 1. The number of hydrogen-bond acceptors (Lipinski definition) is 5. The fraction of sp³-hybridized carbons (Fsp3) is 0.867. The van der Waals surface area contributed by atoms with E-state index in [1.165, 1.54) is 7.11 Å². The summed E-state index contributed by atoms with van der Waals surface area (Å²) >= 11 is 0. The van der Waals surface area contributed by atoms with Crippen LogP contribution in [0.3, 0.4) is 0 Å². The average molecular weight is 300 g/mol. The topological polar surface area (TPSA) is 67.9 Å². The molecule has 6 heteroatoms. The van der Waals surface area contributed by atoms with Crippen LogP contribution < -0.4 is 5.32 Å². The zero-order valence-electron chi connectivity index (χ0n) is 13.7. The Bertz CT molecular complexity index is 350. The van der Waals surface area contributed by atoms with Crippen molar-refractivity contribution >= 4 is 11.9 Å². The van der Waals surface area contributed by atoms with Crippen molar-refractivity contribution in [3.63, 3.8) is 0 Å². The van der Waals surface area contributed by atoms with Gasteiger partial charge in [-0.15, -0.1) is 0 Å². The van der Waals surface area contributed by atoms with Gasteiger partial charge in [-0.1, -0.05) is 13.8 Å². The molecular weight excluding hydrogens is 272 g/mol. The maximum Gasteiger partial charge on any atom is 0.307 e. The second-order valence-corrected chi connectivity index (χ2v) is 6.02. The van der Waals surface area contributed by atoms with Gasteiger partial charge >= 0.3 is 5.97 Å². The molecule has 0 radical (unpaired) electrons. The van der Waals surface area contributed by atoms with Gasteiger partial charge in [-0.3, -0.25) is 14.5 Å². The molecular formula is C15H28N2O4. The fourth-order valence-electron chi connectivity index (χ4n) is 2.83. The van der Waals surface area contributed by atoms with Crippen LogP contribution >= 0.6 is 0 Å². The standard InChI is InChI=1S/C15H28N2O4/c1-10(2)14(15(19)16-7-6-13(18)20-5)17-8-11(3)21-12(4)9-17/h10-12,14H,6-9H2,1-5H3,(H,16,19)/t11-,12+,14-/m1/s1. The molecule has 0 aliphatic carbocycles. The lowest BCUT2D eigenvalue weighted by Gasteiger charge is -2.41. The molecule has 1 aliphatic rings. The summed E-state index contributed by atoms with van der Waals surface area (Å²) in [5.41, 5.74) is 0. The van der Waals surface area contributed by atoms with Gasteiger partial charge < -0.3 is 14.8 Å². The van der Waals surface area contributed by atoms with Gasteiger partial charge in [0.2, 0.25) is 5.91 Å². The summed E-state index contributed by atoms with van der Waals surface area (Å²) in [7, 11) is 1.34. The SMILES string of the molecule is COC(=O)CCNC(=O)[C@@H](C(C)C)N1C[C@@H](C)O[C@@H](C)C1. The number of carbonyl (C=O) groups excluding carboxylic acids is 2. The lowest BCUT2D eigenvalue weighted by molar-refractivity contribution is -0.140. The largest absolute Gasteiger partial charge is 0.469 e. The summed E-state index contributed by atoms with van der Waals surface area (Å²) in [6, 6.07) is -0.198. The molecule has 0 saturated carbocycles. The normalized spacial score (nSPS) is 24.7. The Morgan fingerprint density at radius 2 is 1.86 bits per heavy atom. The predicted molar refractivity (Wildman–Crippen MR) is 79.9 cm³/mol. The van der Waals surface area contributed by atoms with Crippen LogP contribution in [-0.2, 0) is 19.1 Å². The molecule has 1 N–H and O–H groups in total. The van der Waals surface area contributed by atoms with Gasteiger partial charge in [0.05, 0.1) is 31.8 Å². The molecule has 122 valence electrons. The summed E-state index contributed by atoms with van der Waals surface area (Å²) in [6.45, 7) is 9.93. The summed E-state index contributed by atoms with van der Waals surface area (Å²) in [5, 5.41) is 2.83. The highest BCUT2D eigenvalue weighted by Crippen LogP contribution is 2.18. The van der Waals surface area contributed by atoms with Gasteiger partial charge in [0.1, 0.15) is 0 Å². The molecule has 1 amide bonds. The van der Waals surface area contributed by atoms with Crippen LogP contribution in [0.15, 0.2) is 0 Å². The van der Waals surface area contributed by atoms with Crippen molar-refractivity contribution in [3.8, 4) is 0 Å². The molecule has 0 aromatic heterocycles. The van der Waals surface area contributed by atoms with Crippen LogP contribution in [0.2, 0.25) is 0 Å². The summed E-state index contributed by atoms with van der Waals surface area (Å²) in [4.78, 5) is 25.7. The van der Waals surface area contributed by atoms with Crippen molar-refractivity contribution in [2.45, 2.75) is 52.4 Å². The maximum atomic E-state index is 12.4. The van der Waals surface area contributed by atoms with Crippen LogP contribution in [0, 0.1) is 5.92 Å². The Labute approximate surface area is 127 Å². The third-order valence-electron chi connectivity index (χ3n) is 3.60. The number of carbonyl (C=O) groups is 2. The molecule has 0 aromatic rings. The van der Waals surface area contributed by atoms with Crippen molar-refractivity contribution in [1.82, 2.24) is 10.2 Å². The van der Waals surface area contributed by atoms with Gasteiger partial charge in [-0.25, -0.2) is 0 Å². The van der Waals surface area contributed by atoms with E-state index < -0.39 is 0 Å². The van der Waals surface area contributed by atoms with E-state index in [4.69, 9.17) is 4.74 Å². The molecule has 21 heavy (non-hydrogen) atoms. The van der Waals surface area contributed by atoms with Gasteiger partial charge in [-0.05, 0) is 19.8 Å². The lowest BCUT2D eigenvalue weighted by atomic mass is 9.99. The molecule has 0 bridgehead atoms. The zero-order chi connectivity index (χ0) is 16.0. The van der Waals surface area contributed by atoms with Crippen molar-refractivity contribution < 1.29 is 19.1 Å². The highest BCUT2D eigenvalue weighted by atomic mass is 16.5. The van der Waals surface area contributed by atoms with Gasteiger partial charge in [-0.2, -0.15) is 0 Å². The molecule has 1 fully saturated rings. The summed E-state index contributed by atoms with van der Waals surface area (Å²) in [6.07, 6.45) is 0.443. The molecule has 0 spiro atoms. The third kappa shape index (κ3) is 5.63. The number of nitrogens with zero attached hydrogens (tertiary/aromatic N) is 1. The first-order chi connectivity index (χ1) is 9.85. The van der Waals surface area contributed by atoms with E-state index in [0.717, 1.165) is 13.1 Å².